The van der Waals surface area contributed by atoms with Crippen molar-refractivity contribution in [2.45, 2.75) is 26.4 Å². The molecule has 1 N–H and O–H groups in total. The summed E-state index contributed by atoms with van der Waals surface area (Å²) in [6.07, 6.45) is 1.61. The monoisotopic (exact) mass is 305 g/mol. The number of carbonyl (C=O) groups is 1. The van der Waals surface area contributed by atoms with Crippen LogP contribution in [0.25, 0.3) is 0 Å². The SMILES string of the molecule is CC(C)N(/C=C(/C#N)C(=O)NCCCl)Cc1ccccc1. The van der Waals surface area contributed by atoms with E-state index in [-0.39, 0.29) is 11.6 Å². The number of amides is 1. The molecular formula is C16H20ClN3O. The lowest BCUT2D eigenvalue weighted by Gasteiger charge is -2.25. The third kappa shape index (κ3) is 5.88. The molecule has 1 aromatic rings. The topological polar surface area (TPSA) is 56.1 Å². The van der Waals surface area contributed by atoms with Gasteiger partial charge in [0.2, 0.25) is 0 Å². The van der Waals surface area contributed by atoms with Crippen LogP contribution in [0.4, 0.5) is 0 Å². The van der Waals surface area contributed by atoms with Crippen molar-refractivity contribution < 1.29 is 4.79 Å². The number of rotatable bonds is 7. The number of carbonyl (C=O) groups excluding carboxylic acids is 1. The second kappa shape index (κ2) is 9.04. The van der Waals surface area contributed by atoms with Gasteiger partial charge in [-0.3, -0.25) is 4.79 Å². The quantitative estimate of drug-likeness (QED) is 0.479. The molecule has 1 rings (SSSR count). The van der Waals surface area contributed by atoms with Crippen molar-refractivity contribution in [1.82, 2.24) is 10.2 Å². The number of halogens is 1. The van der Waals surface area contributed by atoms with Gasteiger partial charge >= 0.3 is 0 Å². The van der Waals surface area contributed by atoms with Gasteiger partial charge in [-0.25, -0.2) is 0 Å². The zero-order valence-corrected chi connectivity index (χ0v) is 13.1. The Labute approximate surface area is 131 Å². The maximum atomic E-state index is 11.9. The molecule has 1 amide bonds. The predicted octanol–water partition coefficient (Wildman–Crippen LogP) is 2.66. The van der Waals surface area contributed by atoms with E-state index in [0.717, 1.165) is 5.56 Å². The summed E-state index contributed by atoms with van der Waals surface area (Å²) in [4.78, 5) is 13.8. The van der Waals surface area contributed by atoms with Gasteiger partial charge in [0, 0.05) is 31.2 Å². The zero-order chi connectivity index (χ0) is 15.7. The summed E-state index contributed by atoms with van der Waals surface area (Å²) >= 11 is 5.53. The molecule has 4 nitrogen and oxygen atoms in total. The van der Waals surface area contributed by atoms with E-state index in [2.05, 4.69) is 5.32 Å². The smallest absolute Gasteiger partial charge is 0.263 e. The molecule has 112 valence electrons. The maximum absolute atomic E-state index is 11.9. The van der Waals surface area contributed by atoms with Crippen LogP contribution in [-0.2, 0) is 11.3 Å². The molecule has 0 atom stereocenters. The molecule has 5 heteroatoms. The van der Waals surface area contributed by atoms with Crippen molar-refractivity contribution in [3.63, 3.8) is 0 Å². The van der Waals surface area contributed by atoms with Crippen LogP contribution < -0.4 is 5.32 Å². The van der Waals surface area contributed by atoms with E-state index in [1.54, 1.807) is 6.20 Å². The Balaban J connectivity index is 2.86. The average molecular weight is 306 g/mol. The second-order valence-corrected chi connectivity index (χ2v) is 5.23. The minimum absolute atomic E-state index is 0.0877. The first-order chi connectivity index (χ1) is 10.1. The van der Waals surface area contributed by atoms with Crippen LogP contribution in [0.15, 0.2) is 42.1 Å². The van der Waals surface area contributed by atoms with Crippen LogP contribution in [-0.4, -0.2) is 29.3 Å². The molecule has 0 aromatic heterocycles. The van der Waals surface area contributed by atoms with E-state index in [1.807, 2.05) is 55.1 Å². The van der Waals surface area contributed by atoms with Crippen LogP contribution in [0.2, 0.25) is 0 Å². The molecular weight excluding hydrogens is 286 g/mol. The van der Waals surface area contributed by atoms with Crippen LogP contribution in [0.1, 0.15) is 19.4 Å². The largest absolute Gasteiger partial charge is 0.369 e. The lowest BCUT2D eigenvalue weighted by Crippen LogP contribution is -2.30. The molecule has 0 aliphatic rings. The molecule has 0 bridgehead atoms. The van der Waals surface area contributed by atoms with Crippen LogP contribution in [0.3, 0.4) is 0 Å². The first kappa shape index (κ1) is 17.1. The molecule has 0 saturated carbocycles. The fourth-order valence-electron chi connectivity index (χ4n) is 1.73. The maximum Gasteiger partial charge on any atom is 0.263 e. The molecule has 0 fully saturated rings. The van der Waals surface area contributed by atoms with Crippen LogP contribution in [0, 0.1) is 11.3 Å². The van der Waals surface area contributed by atoms with E-state index in [0.29, 0.717) is 19.0 Å². The number of hydrogen-bond acceptors (Lipinski definition) is 3. The van der Waals surface area contributed by atoms with Gasteiger partial charge < -0.3 is 10.2 Å². The van der Waals surface area contributed by atoms with Gasteiger partial charge in [-0.1, -0.05) is 30.3 Å². The minimum atomic E-state index is -0.392. The summed E-state index contributed by atoms with van der Waals surface area (Å²) < 4.78 is 0. The van der Waals surface area contributed by atoms with Gasteiger partial charge in [-0.15, -0.1) is 11.6 Å². The van der Waals surface area contributed by atoms with Gasteiger partial charge in [0.05, 0.1) is 0 Å². The number of nitriles is 1. The lowest BCUT2D eigenvalue weighted by atomic mass is 10.2. The molecule has 0 radical (unpaired) electrons. The molecule has 0 unspecified atom stereocenters. The van der Waals surface area contributed by atoms with Crippen molar-refractivity contribution >= 4 is 17.5 Å². The summed E-state index contributed by atoms with van der Waals surface area (Å²) in [7, 11) is 0. The second-order valence-electron chi connectivity index (χ2n) is 4.85. The highest BCUT2D eigenvalue weighted by atomic mass is 35.5. The molecule has 1 aromatic carbocycles. The number of nitrogens with zero attached hydrogens (tertiary/aromatic N) is 2. The van der Waals surface area contributed by atoms with Gasteiger partial charge in [0.15, 0.2) is 0 Å². The van der Waals surface area contributed by atoms with Gasteiger partial charge in [0.1, 0.15) is 11.6 Å². The Hall–Kier alpha value is -1.99. The normalized spacial score (nSPS) is 11.1. The highest BCUT2D eigenvalue weighted by molar-refractivity contribution is 6.18. The summed E-state index contributed by atoms with van der Waals surface area (Å²) in [5, 5.41) is 11.8. The van der Waals surface area contributed by atoms with Crippen LogP contribution >= 0.6 is 11.6 Å². The molecule has 0 aliphatic heterocycles. The highest BCUT2D eigenvalue weighted by Gasteiger charge is 2.13. The van der Waals surface area contributed by atoms with Crippen molar-refractivity contribution in [3.8, 4) is 6.07 Å². The third-order valence-corrected chi connectivity index (χ3v) is 3.10. The van der Waals surface area contributed by atoms with Gasteiger partial charge in [-0.2, -0.15) is 5.26 Å². The molecule has 0 spiro atoms. The Kier molecular flexibility index (Phi) is 7.34. The van der Waals surface area contributed by atoms with E-state index in [4.69, 9.17) is 16.9 Å². The summed E-state index contributed by atoms with van der Waals surface area (Å²) in [5.74, 6) is -0.0700. The molecule has 21 heavy (non-hydrogen) atoms. The number of nitrogens with one attached hydrogen (secondary N) is 1. The number of alkyl halides is 1. The van der Waals surface area contributed by atoms with Gasteiger partial charge in [0.25, 0.3) is 5.91 Å². The fourth-order valence-corrected chi connectivity index (χ4v) is 1.83. The van der Waals surface area contributed by atoms with E-state index in [9.17, 15) is 4.79 Å². The van der Waals surface area contributed by atoms with Crippen molar-refractivity contribution in [2.75, 3.05) is 12.4 Å². The Bertz CT molecular complexity index is 520. The summed E-state index contributed by atoms with van der Waals surface area (Å²) in [6.45, 7) is 5.03. The fraction of sp³-hybridized carbons (Fsp3) is 0.375. The minimum Gasteiger partial charge on any atom is -0.369 e. The zero-order valence-electron chi connectivity index (χ0n) is 12.3. The summed E-state index contributed by atoms with van der Waals surface area (Å²) in [5.41, 5.74) is 1.21. The van der Waals surface area contributed by atoms with Crippen molar-refractivity contribution in [3.05, 3.63) is 47.7 Å². The first-order valence-electron chi connectivity index (χ1n) is 6.84. The molecule has 0 heterocycles. The van der Waals surface area contributed by atoms with E-state index in [1.165, 1.54) is 0 Å². The van der Waals surface area contributed by atoms with E-state index < -0.39 is 5.91 Å². The number of benzene rings is 1. The standard InChI is InChI=1S/C16H20ClN3O/c1-13(2)20(11-14-6-4-3-5-7-14)12-15(10-18)16(21)19-9-8-17/h3-7,12-13H,8-9,11H2,1-2H3,(H,19,21)/b15-12-. The Morgan fingerprint density at radius 1 is 1.43 bits per heavy atom. The highest BCUT2D eigenvalue weighted by Crippen LogP contribution is 2.10. The van der Waals surface area contributed by atoms with Gasteiger partial charge in [-0.05, 0) is 19.4 Å². The molecule has 0 saturated heterocycles. The van der Waals surface area contributed by atoms with Crippen LogP contribution in [0.5, 0.6) is 0 Å². The average Bonchev–Trinajstić information content (AvgIpc) is 2.49. The van der Waals surface area contributed by atoms with Crippen molar-refractivity contribution in [2.24, 2.45) is 0 Å². The number of hydrogen-bond donors (Lipinski definition) is 1. The lowest BCUT2D eigenvalue weighted by molar-refractivity contribution is -0.117. The Morgan fingerprint density at radius 2 is 2.10 bits per heavy atom. The first-order valence-corrected chi connectivity index (χ1v) is 7.37. The Morgan fingerprint density at radius 3 is 2.62 bits per heavy atom. The third-order valence-electron chi connectivity index (χ3n) is 2.91. The summed E-state index contributed by atoms with van der Waals surface area (Å²) in [6, 6.07) is 12.0. The molecule has 0 aliphatic carbocycles. The van der Waals surface area contributed by atoms with Crippen molar-refractivity contribution in [1.29, 1.82) is 5.26 Å². The van der Waals surface area contributed by atoms with E-state index >= 15 is 0 Å². The predicted molar refractivity (Wildman–Crippen MR) is 84.5 cm³/mol.